The Bertz CT molecular complexity index is 862. The van der Waals surface area contributed by atoms with Crippen molar-refractivity contribution in [2.24, 2.45) is 0 Å². The largest absolute Gasteiger partial charge is 0.314 e. The fraction of sp³-hybridized carbons (Fsp3) is 0.111. The molecule has 1 N–H and O–H groups in total. The maximum Gasteiger partial charge on any atom is 0.256 e. The standard InChI is InChI=1S/C18H16N2OS/c1-12-6-8-14(9-7-12)17(21)19-18(22)16-13(2)11-15-5-3-4-10-20(15)16/h3-11H,1-2H3,(H,19,21,22). The smallest absolute Gasteiger partial charge is 0.256 e. The molecule has 4 heteroatoms. The lowest BCUT2D eigenvalue weighted by molar-refractivity contribution is 0.0978. The number of aryl methyl sites for hydroxylation is 2. The molecule has 3 nitrogen and oxygen atoms in total. The minimum Gasteiger partial charge on any atom is -0.314 e. The Kier molecular flexibility index (Phi) is 3.77. The van der Waals surface area contributed by atoms with Gasteiger partial charge in [-0.3, -0.25) is 4.79 Å². The van der Waals surface area contributed by atoms with Gasteiger partial charge in [-0.05, 0) is 49.7 Å². The molecule has 110 valence electrons. The van der Waals surface area contributed by atoms with Crippen molar-refractivity contribution in [1.29, 1.82) is 0 Å². The first-order valence-corrected chi connectivity index (χ1v) is 7.46. The molecule has 0 aliphatic rings. The van der Waals surface area contributed by atoms with Gasteiger partial charge in [0.1, 0.15) is 4.99 Å². The van der Waals surface area contributed by atoms with Gasteiger partial charge in [0.2, 0.25) is 0 Å². The molecule has 2 heterocycles. The molecule has 3 rings (SSSR count). The van der Waals surface area contributed by atoms with Crippen molar-refractivity contribution in [3.8, 4) is 0 Å². The molecule has 0 aliphatic carbocycles. The molecule has 0 atom stereocenters. The fourth-order valence-corrected chi connectivity index (χ4v) is 2.84. The van der Waals surface area contributed by atoms with Gasteiger partial charge in [-0.25, -0.2) is 0 Å². The quantitative estimate of drug-likeness (QED) is 0.733. The topological polar surface area (TPSA) is 33.5 Å². The van der Waals surface area contributed by atoms with E-state index in [0.717, 1.165) is 22.3 Å². The van der Waals surface area contributed by atoms with Gasteiger partial charge in [-0.2, -0.15) is 0 Å². The van der Waals surface area contributed by atoms with Crippen LogP contribution < -0.4 is 5.32 Å². The van der Waals surface area contributed by atoms with E-state index in [4.69, 9.17) is 12.2 Å². The number of fused-ring (bicyclic) bond motifs is 1. The number of carbonyl (C=O) groups is 1. The third-order valence-electron chi connectivity index (χ3n) is 3.63. The molecule has 0 saturated carbocycles. The molecule has 22 heavy (non-hydrogen) atoms. The van der Waals surface area contributed by atoms with Gasteiger partial charge in [-0.15, -0.1) is 0 Å². The summed E-state index contributed by atoms with van der Waals surface area (Å²) in [5.74, 6) is -0.185. The normalized spacial score (nSPS) is 10.6. The molecule has 0 radical (unpaired) electrons. The zero-order valence-corrected chi connectivity index (χ0v) is 13.3. The minimum absolute atomic E-state index is 0.185. The fourth-order valence-electron chi connectivity index (χ4n) is 2.49. The van der Waals surface area contributed by atoms with E-state index in [1.54, 1.807) is 12.1 Å². The number of pyridine rings is 1. The predicted molar refractivity (Wildman–Crippen MR) is 92.5 cm³/mol. The first-order valence-electron chi connectivity index (χ1n) is 7.05. The molecular formula is C18H16N2OS. The highest BCUT2D eigenvalue weighted by molar-refractivity contribution is 7.80. The van der Waals surface area contributed by atoms with Gasteiger partial charge in [0, 0.05) is 17.3 Å². The third kappa shape index (κ3) is 2.65. The van der Waals surface area contributed by atoms with Crippen molar-refractivity contribution in [1.82, 2.24) is 9.72 Å². The summed E-state index contributed by atoms with van der Waals surface area (Å²) in [5, 5.41) is 2.82. The van der Waals surface area contributed by atoms with Crippen molar-refractivity contribution < 1.29 is 4.79 Å². The number of carbonyl (C=O) groups excluding carboxylic acids is 1. The summed E-state index contributed by atoms with van der Waals surface area (Å²) in [4.78, 5) is 12.7. The monoisotopic (exact) mass is 308 g/mol. The lowest BCUT2D eigenvalue weighted by Crippen LogP contribution is -2.30. The molecule has 1 amide bonds. The zero-order valence-electron chi connectivity index (χ0n) is 12.5. The summed E-state index contributed by atoms with van der Waals surface area (Å²) in [6.45, 7) is 3.98. The number of aromatic nitrogens is 1. The molecule has 2 aromatic heterocycles. The van der Waals surface area contributed by atoms with E-state index >= 15 is 0 Å². The maximum atomic E-state index is 12.3. The van der Waals surface area contributed by atoms with E-state index in [-0.39, 0.29) is 5.91 Å². The summed E-state index contributed by atoms with van der Waals surface area (Å²) >= 11 is 5.44. The maximum absolute atomic E-state index is 12.3. The van der Waals surface area contributed by atoms with Crippen LogP contribution in [-0.4, -0.2) is 15.3 Å². The lowest BCUT2D eigenvalue weighted by atomic mass is 10.1. The summed E-state index contributed by atoms with van der Waals surface area (Å²) in [5.41, 5.74) is 4.67. The summed E-state index contributed by atoms with van der Waals surface area (Å²) in [7, 11) is 0. The van der Waals surface area contributed by atoms with Crippen LogP contribution >= 0.6 is 12.2 Å². The van der Waals surface area contributed by atoms with E-state index in [1.165, 1.54) is 0 Å². The molecule has 3 aromatic rings. The first-order chi connectivity index (χ1) is 10.6. The summed E-state index contributed by atoms with van der Waals surface area (Å²) in [6, 6.07) is 15.4. The second-order valence-electron chi connectivity index (χ2n) is 5.32. The number of nitrogens with zero attached hydrogens (tertiary/aromatic N) is 1. The number of nitrogens with one attached hydrogen (secondary N) is 1. The molecule has 0 unspecified atom stereocenters. The molecule has 1 aromatic carbocycles. The van der Waals surface area contributed by atoms with Crippen molar-refractivity contribution in [3.05, 3.63) is 77.1 Å². The summed E-state index contributed by atoms with van der Waals surface area (Å²) in [6.07, 6.45) is 1.95. The zero-order chi connectivity index (χ0) is 15.7. The first kappa shape index (κ1) is 14.5. The van der Waals surface area contributed by atoms with Crippen LogP contribution in [0.5, 0.6) is 0 Å². The summed E-state index contributed by atoms with van der Waals surface area (Å²) < 4.78 is 1.99. The Labute approximate surface area is 134 Å². The van der Waals surface area contributed by atoms with Crippen LogP contribution in [-0.2, 0) is 0 Å². The molecule has 0 bridgehead atoms. The van der Waals surface area contributed by atoms with Gasteiger partial charge >= 0.3 is 0 Å². The van der Waals surface area contributed by atoms with E-state index in [2.05, 4.69) is 11.4 Å². The number of hydrogen-bond acceptors (Lipinski definition) is 2. The SMILES string of the molecule is Cc1ccc(C(=O)NC(=S)c2c(C)cc3ccccn23)cc1. The second-order valence-corrected chi connectivity index (χ2v) is 5.73. The Morgan fingerprint density at radius 1 is 1.09 bits per heavy atom. The van der Waals surface area contributed by atoms with Crippen LogP contribution in [0.3, 0.4) is 0 Å². The molecule has 0 spiro atoms. The van der Waals surface area contributed by atoms with Crippen LogP contribution in [0, 0.1) is 13.8 Å². The van der Waals surface area contributed by atoms with E-state index in [9.17, 15) is 4.79 Å². The van der Waals surface area contributed by atoms with Gasteiger partial charge in [0.15, 0.2) is 0 Å². The number of benzene rings is 1. The Hall–Kier alpha value is -2.46. The van der Waals surface area contributed by atoms with Gasteiger partial charge < -0.3 is 9.72 Å². The van der Waals surface area contributed by atoms with Crippen molar-refractivity contribution in [2.75, 3.05) is 0 Å². The van der Waals surface area contributed by atoms with Crippen LogP contribution in [0.2, 0.25) is 0 Å². The second kappa shape index (κ2) is 5.73. The van der Waals surface area contributed by atoms with E-state index in [0.29, 0.717) is 10.6 Å². The molecule has 0 saturated heterocycles. The number of rotatable bonds is 2. The lowest BCUT2D eigenvalue weighted by Gasteiger charge is -2.09. The van der Waals surface area contributed by atoms with Crippen LogP contribution in [0.15, 0.2) is 54.7 Å². The highest BCUT2D eigenvalue weighted by atomic mass is 32.1. The molecule has 0 aliphatic heterocycles. The molecular weight excluding hydrogens is 292 g/mol. The van der Waals surface area contributed by atoms with E-state index < -0.39 is 0 Å². The van der Waals surface area contributed by atoms with Gasteiger partial charge in [0.25, 0.3) is 5.91 Å². The predicted octanol–water partition coefficient (Wildman–Crippen LogP) is 3.66. The highest BCUT2D eigenvalue weighted by Crippen LogP contribution is 2.16. The third-order valence-corrected chi connectivity index (χ3v) is 3.92. The minimum atomic E-state index is -0.185. The Morgan fingerprint density at radius 3 is 2.55 bits per heavy atom. The highest BCUT2D eigenvalue weighted by Gasteiger charge is 2.14. The van der Waals surface area contributed by atoms with Gasteiger partial charge in [-0.1, -0.05) is 36.0 Å². The average Bonchev–Trinajstić information content (AvgIpc) is 2.83. The Morgan fingerprint density at radius 2 is 1.82 bits per heavy atom. The number of hydrogen-bond donors (Lipinski definition) is 1. The van der Waals surface area contributed by atoms with Crippen LogP contribution in [0.4, 0.5) is 0 Å². The van der Waals surface area contributed by atoms with Crippen LogP contribution in [0.25, 0.3) is 5.52 Å². The van der Waals surface area contributed by atoms with Crippen LogP contribution in [0.1, 0.15) is 27.2 Å². The number of amides is 1. The van der Waals surface area contributed by atoms with E-state index in [1.807, 2.05) is 54.8 Å². The number of thiocarbonyl (C=S) groups is 1. The van der Waals surface area contributed by atoms with Crippen molar-refractivity contribution in [3.63, 3.8) is 0 Å². The van der Waals surface area contributed by atoms with Crippen molar-refractivity contribution in [2.45, 2.75) is 13.8 Å². The Balaban J connectivity index is 1.89. The molecule has 0 fully saturated rings. The van der Waals surface area contributed by atoms with Crippen molar-refractivity contribution >= 4 is 28.6 Å². The van der Waals surface area contributed by atoms with Gasteiger partial charge in [0.05, 0.1) is 5.69 Å². The average molecular weight is 308 g/mol.